The van der Waals surface area contributed by atoms with Gasteiger partial charge in [-0.05, 0) is 55.3 Å². The first-order chi connectivity index (χ1) is 11.2. The average Bonchev–Trinajstić information content (AvgIpc) is 2.53. The third-order valence-corrected chi connectivity index (χ3v) is 4.88. The van der Waals surface area contributed by atoms with Crippen molar-refractivity contribution >= 4 is 5.69 Å². The minimum atomic E-state index is 0.702. The summed E-state index contributed by atoms with van der Waals surface area (Å²) in [5.41, 5.74) is 2.41. The molecule has 0 aromatic heterocycles. The van der Waals surface area contributed by atoms with Crippen molar-refractivity contribution in [3.63, 3.8) is 0 Å². The van der Waals surface area contributed by atoms with E-state index in [9.17, 15) is 0 Å². The van der Waals surface area contributed by atoms with E-state index in [1.807, 2.05) is 0 Å². The second-order valence-electron chi connectivity index (χ2n) is 7.26. The van der Waals surface area contributed by atoms with E-state index >= 15 is 0 Å². The zero-order valence-corrected chi connectivity index (χ0v) is 14.7. The summed E-state index contributed by atoms with van der Waals surface area (Å²) in [5, 5.41) is 3.41. The van der Waals surface area contributed by atoms with E-state index in [-0.39, 0.29) is 0 Å². The Hall–Kier alpha value is -1.42. The summed E-state index contributed by atoms with van der Waals surface area (Å²) in [7, 11) is 1.72. The quantitative estimate of drug-likeness (QED) is 0.902. The minimum absolute atomic E-state index is 0.702. The Balaban J connectivity index is 1.58. The molecule has 128 valence electrons. The number of benzene rings is 1. The highest BCUT2D eigenvalue weighted by Crippen LogP contribution is 2.38. The number of ether oxygens (including phenoxy) is 2. The Bertz CT molecular complexity index is 505. The number of aryl methyl sites for hydroxylation is 1. The molecule has 1 aromatic rings. The van der Waals surface area contributed by atoms with Gasteiger partial charge in [0.25, 0.3) is 0 Å². The van der Waals surface area contributed by atoms with E-state index < -0.39 is 0 Å². The Morgan fingerprint density at radius 2 is 2.04 bits per heavy atom. The van der Waals surface area contributed by atoms with E-state index in [4.69, 9.17) is 9.47 Å². The molecule has 4 heteroatoms. The maximum atomic E-state index is 5.73. The fourth-order valence-electron chi connectivity index (χ4n) is 4.06. The Morgan fingerprint density at radius 3 is 2.78 bits per heavy atom. The van der Waals surface area contributed by atoms with E-state index in [2.05, 4.69) is 36.2 Å². The van der Waals surface area contributed by atoms with Crippen LogP contribution in [0.3, 0.4) is 0 Å². The van der Waals surface area contributed by atoms with Gasteiger partial charge < -0.3 is 19.7 Å². The van der Waals surface area contributed by atoms with Crippen molar-refractivity contribution in [1.82, 2.24) is 4.90 Å². The average molecular weight is 318 g/mol. The standard InChI is InChI=1S/C19H30N2O2/c1-14-9-15(2)13-21(12-14)7-4-5-16-10-17-19(18(11-16)22-3)23-8-6-20-17/h10-11,14-15,20H,4-9,12-13H2,1-3H3. The van der Waals surface area contributed by atoms with Crippen LogP contribution in [0.2, 0.25) is 0 Å². The highest BCUT2D eigenvalue weighted by Gasteiger charge is 2.21. The minimum Gasteiger partial charge on any atom is -0.493 e. The van der Waals surface area contributed by atoms with Gasteiger partial charge in [0.1, 0.15) is 6.61 Å². The van der Waals surface area contributed by atoms with E-state index in [1.165, 1.54) is 38.0 Å². The molecule has 0 saturated carbocycles. The molecule has 0 amide bonds. The van der Waals surface area contributed by atoms with Gasteiger partial charge in [0.2, 0.25) is 0 Å². The Morgan fingerprint density at radius 1 is 1.26 bits per heavy atom. The van der Waals surface area contributed by atoms with Crippen LogP contribution in [0.4, 0.5) is 5.69 Å². The molecule has 0 radical (unpaired) electrons. The van der Waals surface area contributed by atoms with Crippen molar-refractivity contribution in [3.05, 3.63) is 17.7 Å². The number of anilines is 1. The lowest BCUT2D eigenvalue weighted by Gasteiger charge is -2.35. The maximum Gasteiger partial charge on any atom is 0.184 e. The number of fused-ring (bicyclic) bond motifs is 1. The van der Waals surface area contributed by atoms with Gasteiger partial charge in [-0.1, -0.05) is 13.8 Å². The molecule has 23 heavy (non-hydrogen) atoms. The monoisotopic (exact) mass is 318 g/mol. The van der Waals surface area contributed by atoms with Gasteiger partial charge in [-0.2, -0.15) is 0 Å². The van der Waals surface area contributed by atoms with Crippen LogP contribution in [0, 0.1) is 11.8 Å². The van der Waals surface area contributed by atoms with Crippen molar-refractivity contribution in [2.45, 2.75) is 33.1 Å². The first-order valence-corrected chi connectivity index (χ1v) is 8.95. The van der Waals surface area contributed by atoms with Crippen molar-refractivity contribution in [2.75, 3.05) is 45.2 Å². The zero-order valence-electron chi connectivity index (χ0n) is 14.7. The Kier molecular flexibility index (Phi) is 5.31. The number of likely N-dealkylation sites (tertiary alicyclic amines) is 1. The molecule has 2 unspecified atom stereocenters. The largest absolute Gasteiger partial charge is 0.493 e. The van der Waals surface area contributed by atoms with E-state index in [0.29, 0.717) is 6.61 Å². The molecule has 2 atom stereocenters. The predicted octanol–water partition coefficient (Wildman–Crippen LogP) is 3.41. The highest BCUT2D eigenvalue weighted by atomic mass is 16.5. The number of hydrogen-bond donors (Lipinski definition) is 1. The summed E-state index contributed by atoms with van der Waals surface area (Å²) < 4.78 is 11.2. The van der Waals surface area contributed by atoms with Crippen LogP contribution in [0.5, 0.6) is 11.5 Å². The fraction of sp³-hybridized carbons (Fsp3) is 0.684. The Labute approximate surface area is 140 Å². The number of hydrogen-bond acceptors (Lipinski definition) is 4. The van der Waals surface area contributed by atoms with Crippen LogP contribution in [0.15, 0.2) is 12.1 Å². The van der Waals surface area contributed by atoms with Gasteiger partial charge in [-0.25, -0.2) is 0 Å². The molecule has 2 heterocycles. The normalized spacial score (nSPS) is 24.5. The highest BCUT2D eigenvalue weighted by molar-refractivity contribution is 5.66. The lowest BCUT2D eigenvalue weighted by atomic mass is 9.92. The van der Waals surface area contributed by atoms with Crippen LogP contribution in [-0.4, -0.2) is 44.8 Å². The van der Waals surface area contributed by atoms with Crippen LogP contribution in [0.1, 0.15) is 32.3 Å². The second-order valence-corrected chi connectivity index (χ2v) is 7.26. The topological polar surface area (TPSA) is 33.7 Å². The van der Waals surface area contributed by atoms with Gasteiger partial charge in [0, 0.05) is 19.6 Å². The molecule has 2 aliphatic heterocycles. The molecule has 1 fully saturated rings. The summed E-state index contributed by atoms with van der Waals surface area (Å²) >= 11 is 0. The molecule has 0 bridgehead atoms. The molecule has 1 N–H and O–H groups in total. The lowest BCUT2D eigenvalue weighted by Crippen LogP contribution is -2.39. The summed E-state index contributed by atoms with van der Waals surface area (Å²) in [6.07, 6.45) is 3.66. The summed E-state index contributed by atoms with van der Waals surface area (Å²) in [6, 6.07) is 4.35. The smallest absolute Gasteiger partial charge is 0.184 e. The molecular formula is C19H30N2O2. The van der Waals surface area contributed by atoms with Crippen molar-refractivity contribution in [3.8, 4) is 11.5 Å². The molecule has 1 aromatic carbocycles. The van der Waals surface area contributed by atoms with Gasteiger partial charge in [-0.15, -0.1) is 0 Å². The zero-order chi connectivity index (χ0) is 16.2. The third kappa shape index (κ3) is 4.11. The fourth-order valence-corrected chi connectivity index (χ4v) is 4.06. The van der Waals surface area contributed by atoms with E-state index in [1.54, 1.807) is 7.11 Å². The summed E-state index contributed by atoms with van der Waals surface area (Å²) in [5.74, 6) is 3.39. The molecule has 2 aliphatic rings. The van der Waals surface area contributed by atoms with Gasteiger partial charge in [0.05, 0.1) is 12.8 Å². The van der Waals surface area contributed by atoms with Crippen LogP contribution in [0.25, 0.3) is 0 Å². The number of nitrogens with one attached hydrogen (secondary N) is 1. The maximum absolute atomic E-state index is 5.73. The van der Waals surface area contributed by atoms with Gasteiger partial charge in [-0.3, -0.25) is 0 Å². The van der Waals surface area contributed by atoms with E-state index in [0.717, 1.165) is 42.0 Å². The molecular weight excluding hydrogens is 288 g/mol. The van der Waals surface area contributed by atoms with Crippen molar-refractivity contribution in [1.29, 1.82) is 0 Å². The van der Waals surface area contributed by atoms with Crippen LogP contribution < -0.4 is 14.8 Å². The SMILES string of the molecule is COc1cc(CCCN2CC(C)CC(C)C2)cc2c1OCCN2. The molecule has 0 aliphatic carbocycles. The number of rotatable bonds is 5. The first kappa shape index (κ1) is 16.4. The van der Waals surface area contributed by atoms with Crippen LogP contribution in [-0.2, 0) is 6.42 Å². The predicted molar refractivity (Wildman–Crippen MR) is 94.7 cm³/mol. The van der Waals surface area contributed by atoms with Gasteiger partial charge in [0.15, 0.2) is 11.5 Å². The summed E-state index contributed by atoms with van der Waals surface area (Å²) in [4.78, 5) is 2.63. The lowest BCUT2D eigenvalue weighted by molar-refractivity contribution is 0.140. The van der Waals surface area contributed by atoms with Crippen molar-refractivity contribution < 1.29 is 9.47 Å². The first-order valence-electron chi connectivity index (χ1n) is 8.95. The van der Waals surface area contributed by atoms with Crippen molar-refractivity contribution in [2.24, 2.45) is 11.8 Å². The van der Waals surface area contributed by atoms with Crippen LogP contribution >= 0.6 is 0 Å². The molecule has 3 rings (SSSR count). The second kappa shape index (κ2) is 7.43. The molecule has 1 saturated heterocycles. The number of nitrogens with zero attached hydrogens (tertiary/aromatic N) is 1. The third-order valence-electron chi connectivity index (χ3n) is 4.88. The molecule has 4 nitrogen and oxygen atoms in total. The molecule has 0 spiro atoms. The van der Waals surface area contributed by atoms with Gasteiger partial charge >= 0.3 is 0 Å². The summed E-state index contributed by atoms with van der Waals surface area (Å²) in [6.45, 7) is 10.0. The number of methoxy groups -OCH3 is 1. The number of piperidine rings is 1.